The Labute approximate surface area is 166 Å². The monoisotopic (exact) mass is 409 g/mol. The first-order chi connectivity index (χ1) is 13.5. The summed E-state index contributed by atoms with van der Waals surface area (Å²) in [6.07, 6.45) is 5.33. The van der Waals surface area contributed by atoms with Crippen LogP contribution in [-0.2, 0) is 15.0 Å². The number of rotatable bonds is 4. The van der Waals surface area contributed by atoms with Gasteiger partial charge in [0.05, 0.1) is 5.92 Å². The zero-order chi connectivity index (χ0) is 19.6. The van der Waals surface area contributed by atoms with Gasteiger partial charge < -0.3 is 14.8 Å². The predicted octanol–water partition coefficient (Wildman–Crippen LogP) is 2.19. The lowest BCUT2D eigenvalue weighted by molar-refractivity contribution is -0.120. The van der Waals surface area contributed by atoms with Crippen molar-refractivity contribution in [3.63, 3.8) is 0 Å². The third kappa shape index (κ3) is 4.11. The molecule has 0 spiro atoms. The molecule has 1 unspecified atom stereocenters. The molecule has 0 aliphatic carbocycles. The minimum atomic E-state index is -3.51. The van der Waals surface area contributed by atoms with Crippen LogP contribution < -0.4 is 14.8 Å². The number of ether oxygens (including phenoxy) is 2. The van der Waals surface area contributed by atoms with Crippen LogP contribution in [0.3, 0.4) is 0 Å². The van der Waals surface area contributed by atoms with E-state index < -0.39 is 10.2 Å². The highest BCUT2D eigenvalue weighted by molar-refractivity contribution is 7.86. The van der Waals surface area contributed by atoms with E-state index in [4.69, 9.17) is 9.47 Å². The van der Waals surface area contributed by atoms with Crippen LogP contribution in [0.4, 0.5) is 5.69 Å². The lowest BCUT2D eigenvalue weighted by Crippen LogP contribution is -2.50. The van der Waals surface area contributed by atoms with Crippen LogP contribution in [0.5, 0.6) is 11.5 Å². The fraction of sp³-hybridized carbons (Fsp3) is 0.632. The van der Waals surface area contributed by atoms with Gasteiger partial charge in [-0.25, -0.2) is 0 Å². The van der Waals surface area contributed by atoms with Gasteiger partial charge in [0.2, 0.25) is 12.7 Å². The second kappa shape index (κ2) is 8.26. The third-order valence-electron chi connectivity index (χ3n) is 5.61. The Hall–Kier alpha value is -1.84. The zero-order valence-electron chi connectivity index (χ0n) is 15.9. The van der Waals surface area contributed by atoms with Crippen molar-refractivity contribution >= 4 is 21.8 Å². The van der Waals surface area contributed by atoms with Gasteiger partial charge in [-0.15, -0.1) is 0 Å². The molecule has 8 nitrogen and oxygen atoms in total. The number of benzene rings is 1. The van der Waals surface area contributed by atoms with Gasteiger partial charge in [0.15, 0.2) is 11.5 Å². The van der Waals surface area contributed by atoms with Crippen LogP contribution in [0.2, 0.25) is 0 Å². The van der Waals surface area contributed by atoms with Gasteiger partial charge in [-0.1, -0.05) is 12.8 Å². The Bertz CT molecular complexity index is 821. The fourth-order valence-electron chi connectivity index (χ4n) is 4.02. The van der Waals surface area contributed by atoms with Gasteiger partial charge in [-0.05, 0) is 37.8 Å². The number of hydrogen-bond donors (Lipinski definition) is 1. The third-order valence-corrected chi connectivity index (χ3v) is 7.61. The van der Waals surface area contributed by atoms with Crippen molar-refractivity contribution in [2.45, 2.75) is 38.5 Å². The van der Waals surface area contributed by atoms with Crippen LogP contribution >= 0.6 is 0 Å². The topological polar surface area (TPSA) is 88.2 Å². The molecule has 0 saturated carbocycles. The smallest absolute Gasteiger partial charge is 0.281 e. The van der Waals surface area contributed by atoms with Gasteiger partial charge in [0.1, 0.15) is 0 Å². The standard InChI is InChI=1S/C19H27N3O5S/c23-19(20-16-7-8-17-18(12-16)27-14-26-17)15-6-5-11-22(13-15)28(24,25)21-9-3-1-2-4-10-21/h7-8,12,15H,1-6,9-11,13-14H2,(H,20,23). The van der Waals surface area contributed by atoms with Crippen LogP contribution in [0.15, 0.2) is 18.2 Å². The first-order valence-corrected chi connectivity index (χ1v) is 11.4. The summed E-state index contributed by atoms with van der Waals surface area (Å²) >= 11 is 0. The molecule has 4 rings (SSSR count). The molecule has 3 aliphatic rings. The minimum Gasteiger partial charge on any atom is -0.454 e. The van der Waals surface area contributed by atoms with E-state index in [1.807, 2.05) is 0 Å². The second-order valence-electron chi connectivity index (χ2n) is 7.58. The average molecular weight is 410 g/mol. The first kappa shape index (κ1) is 19.5. The highest BCUT2D eigenvalue weighted by Gasteiger charge is 2.36. The van der Waals surface area contributed by atoms with Crippen molar-refractivity contribution in [2.24, 2.45) is 5.92 Å². The fourth-order valence-corrected chi connectivity index (χ4v) is 5.79. The molecule has 154 valence electrons. The molecule has 3 aliphatic heterocycles. The lowest BCUT2D eigenvalue weighted by Gasteiger charge is -2.34. The van der Waals surface area contributed by atoms with Gasteiger partial charge >= 0.3 is 0 Å². The maximum Gasteiger partial charge on any atom is 0.281 e. The van der Waals surface area contributed by atoms with E-state index in [1.165, 1.54) is 4.31 Å². The highest BCUT2D eigenvalue weighted by atomic mass is 32.2. The Kier molecular flexibility index (Phi) is 5.75. The molecule has 1 aromatic carbocycles. The van der Waals surface area contributed by atoms with E-state index >= 15 is 0 Å². The number of carbonyl (C=O) groups is 1. The Balaban J connectivity index is 1.40. The van der Waals surface area contributed by atoms with Crippen molar-refractivity contribution in [3.8, 4) is 11.5 Å². The van der Waals surface area contributed by atoms with Crippen molar-refractivity contribution in [2.75, 3.05) is 38.3 Å². The van der Waals surface area contributed by atoms with Gasteiger partial charge in [-0.2, -0.15) is 17.0 Å². The van der Waals surface area contributed by atoms with Crippen molar-refractivity contribution in [3.05, 3.63) is 18.2 Å². The molecule has 2 fully saturated rings. The summed E-state index contributed by atoms with van der Waals surface area (Å²) < 4.78 is 39.8. The van der Waals surface area contributed by atoms with Crippen LogP contribution in [0.1, 0.15) is 38.5 Å². The molecular weight excluding hydrogens is 382 g/mol. The van der Waals surface area contributed by atoms with E-state index in [-0.39, 0.29) is 25.2 Å². The highest BCUT2D eigenvalue weighted by Crippen LogP contribution is 2.34. The summed E-state index contributed by atoms with van der Waals surface area (Å²) in [5, 5.41) is 2.89. The molecule has 1 amide bonds. The summed E-state index contributed by atoms with van der Waals surface area (Å²) in [5.74, 6) is 0.743. The molecule has 2 saturated heterocycles. The number of hydrogen-bond acceptors (Lipinski definition) is 5. The summed E-state index contributed by atoms with van der Waals surface area (Å²) in [7, 11) is -3.51. The number of amides is 1. The number of anilines is 1. The molecule has 0 radical (unpaired) electrons. The van der Waals surface area contributed by atoms with Crippen LogP contribution in [0.25, 0.3) is 0 Å². The molecule has 0 aromatic heterocycles. The molecule has 0 bridgehead atoms. The summed E-state index contributed by atoms with van der Waals surface area (Å²) in [6, 6.07) is 5.25. The molecule has 1 atom stereocenters. The van der Waals surface area contributed by atoms with E-state index in [2.05, 4.69) is 5.32 Å². The van der Waals surface area contributed by atoms with Gasteiger partial charge in [0.25, 0.3) is 10.2 Å². The Morgan fingerprint density at radius 3 is 2.46 bits per heavy atom. The first-order valence-electron chi connectivity index (χ1n) is 10.00. The summed E-state index contributed by atoms with van der Waals surface area (Å²) in [4.78, 5) is 12.8. The summed E-state index contributed by atoms with van der Waals surface area (Å²) in [6.45, 7) is 2.04. The predicted molar refractivity (Wildman–Crippen MR) is 104 cm³/mol. The molecule has 9 heteroatoms. The summed E-state index contributed by atoms with van der Waals surface area (Å²) in [5.41, 5.74) is 0.627. The molecule has 1 N–H and O–H groups in total. The number of piperidine rings is 1. The van der Waals surface area contributed by atoms with Gasteiger partial charge in [-0.3, -0.25) is 4.79 Å². The number of fused-ring (bicyclic) bond motifs is 1. The maximum absolute atomic E-state index is 13.0. The maximum atomic E-state index is 13.0. The number of carbonyl (C=O) groups excluding carboxylic acids is 1. The number of nitrogens with one attached hydrogen (secondary N) is 1. The van der Waals surface area contributed by atoms with Gasteiger partial charge in [0, 0.05) is 37.9 Å². The Morgan fingerprint density at radius 1 is 0.964 bits per heavy atom. The largest absolute Gasteiger partial charge is 0.454 e. The quantitative estimate of drug-likeness (QED) is 0.824. The van der Waals surface area contributed by atoms with E-state index in [9.17, 15) is 13.2 Å². The zero-order valence-corrected chi connectivity index (χ0v) is 16.7. The Morgan fingerprint density at radius 2 is 1.68 bits per heavy atom. The van der Waals surface area contributed by atoms with E-state index in [0.717, 1.165) is 25.7 Å². The van der Waals surface area contributed by atoms with Crippen LogP contribution in [0, 0.1) is 5.92 Å². The molecule has 28 heavy (non-hydrogen) atoms. The van der Waals surface area contributed by atoms with E-state index in [1.54, 1.807) is 22.5 Å². The van der Waals surface area contributed by atoms with E-state index in [0.29, 0.717) is 49.7 Å². The SMILES string of the molecule is O=C(Nc1ccc2c(c1)OCO2)C1CCCN(S(=O)(=O)N2CCCCCC2)C1. The molecule has 3 heterocycles. The second-order valence-corrected chi connectivity index (χ2v) is 9.50. The normalized spacial score (nSPS) is 23.9. The molecular formula is C19H27N3O5S. The van der Waals surface area contributed by atoms with Crippen LogP contribution in [-0.4, -0.2) is 55.9 Å². The van der Waals surface area contributed by atoms with Crippen molar-refractivity contribution in [1.29, 1.82) is 0 Å². The van der Waals surface area contributed by atoms with Crippen molar-refractivity contribution < 1.29 is 22.7 Å². The van der Waals surface area contributed by atoms with Crippen molar-refractivity contribution in [1.82, 2.24) is 8.61 Å². The number of nitrogens with zero attached hydrogens (tertiary/aromatic N) is 2. The molecule has 1 aromatic rings. The lowest BCUT2D eigenvalue weighted by atomic mass is 9.98. The minimum absolute atomic E-state index is 0.158. The average Bonchev–Trinajstić information content (AvgIpc) is 2.98.